The van der Waals surface area contributed by atoms with E-state index < -0.39 is 0 Å². The molecule has 2 aromatic carbocycles. The average molecular weight is 308 g/mol. The molecule has 1 unspecified atom stereocenters. The monoisotopic (exact) mass is 307 g/mol. The fourth-order valence-corrected chi connectivity index (χ4v) is 3.47. The molecule has 0 fully saturated rings. The third kappa shape index (κ3) is 4.96. The van der Waals surface area contributed by atoms with Gasteiger partial charge in [0.15, 0.2) is 0 Å². The molecule has 0 nitrogen and oxygen atoms in total. The van der Waals surface area contributed by atoms with E-state index in [9.17, 15) is 0 Å². The average Bonchev–Trinajstić information content (AvgIpc) is 2.60. The van der Waals surface area contributed by atoms with Gasteiger partial charge in [0.1, 0.15) is 0 Å². The van der Waals surface area contributed by atoms with Gasteiger partial charge in [-0.1, -0.05) is 114 Å². The van der Waals surface area contributed by atoms with Crippen LogP contribution in [-0.4, -0.2) is 0 Å². The molecule has 0 spiro atoms. The van der Waals surface area contributed by atoms with Crippen LogP contribution in [0.3, 0.4) is 0 Å². The molecule has 0 heteroatoms. The highest BCUT2D eigenvalue weighted by atomic mass is 14.3. The third-order valence-electron chi connectivity index (χ3n) is 4.88. The molecule has 0 aliphatic heterocycles. The Morgan fingerprint density at radius 3 is 1.83 bits per heavy atom. The minimum atomic E-state index is -0.0211. The Kier molecular flexibility index (Phi) is 6.89. The van der Waals surface area contributed by atoms with Gasteiger partial charge in [-0.25, -0.2) is 0 Å². The van der Waals surface area contributed by atoms with Crippen molar-refractivity contribution < 1.29 is 0 Å². The first-order valence-electron chi connectivity index (χ1n) is 9.14. The van der Waals surface area contributed by atoms with Crippen LogP contribution in [0.5, 0.6) is 0 Å². The van der Waals surface area contributed by atoms with Crippen molar-refractivity contribution >= 4 is 0 Å². The first-order chi connectivity index (χ1) is 11.2. The van der Waals surface area contributed by atoms with Gasteiger partial charge in [0.05, 0.1) is 0 Å². The van der Waals surface area contributed by atoms with Gasteiger partial charge in [-0.3, -0.25) is 0 Å². The van der Waals surface area contributed by atoms with Gasteiger partial charge in [0.25, 0.3) is 0 Å². The van der Waals surface area contributed by atoms with Gasteiger partial charge in [-0.05, 0) is 23.5 Å². The summed E-state index contributed by atoms with van der Waals surface area (Å²) in [5.41, 5.74) is 2.74. The zero-order valence-corrected chi connectivity index (χ0v) is 15.0. The van der Waals surface area contributed by atoms with Gasteiger partial charge in [0.2, 0.25) is 0 Å². The summed E-state index contributed by atoms with van der Waals surface area (Å²) >= 11 is 0. The Hall–Kier alpha value is -1.56. The van der Waals surface area contributed by atoms with Crippen molar-refractivity contribution in [1.29, 1.82) is 0 Å². The molecule has 23 heavy (non-hydrogen) atoms. The number of hydrogen-bond donors (Lipinski definition) is 0. The molecule has 0 bridgehead atoms. The molecule has 0 heterocycles. The van der Waals surface area contributed by atoms with Crippen molar-refractivity contribution in [3.05, 3.63) is 78.2 Å². The fourth-order valence-electron chi connectivity index (χ4n) is 3.47. The van der Waals surface area contributed by atoms with Crippen molar-refractivity contribution in [1.82, 2.24) is 0 Å². The molecule has 0 amide bonds. The Morgan fingerprint density at radius 2 is 1.35 bits per heavy atom. The van der Waals surface area contributed by atoms with Crippen LogP contribution in [0.4, 0.5) is 0 Å². The van der Waals surface area contributed by atoms with Crippen LogP contribution in [0.15, 0.2) is 60.7 Å². The Bertz CT molecular complexity index is 501. The van der Waals surface area contributed by atoms with Gasteiger partial charge < -0.3 is 0 Å². The lowest BCUT2D eigenvalue weighted by Gasteiger charge is -2.33. The van der Waals surface area contributed by atoms with Crippen LogP contribution in [0, 0.1) is 12.3 Å². The highest BCUT2D eigenvalue weighted by Gasteiger charge is 2.30. The van der Waals surface area contributed by atoms with E-state index in [2.05, 4.69) is 87.9 Å². The largest absolute Gasteiger partial charge is 0.0654 e. The van der Waals surface area contributed by atoms with E-state index in [1.807, 2.05) is 0 Å². The summed E-state index contributed by atoms with van der Waals surface area (Å²) in [7, 11) is 0. The Balaban J connectivity index is 2.15. The van der Waals surface area contributed by atoms with E-state index in [1.165, 1.54) is 43.2 Å². The molecule has 0 saturated carbocycles. The topological polar surface area (TPSA) is 0 Å². The maximum atomic E-state index is 2.56. The van der Waals surface area contributed by atoms with Crippen molar-refractivity contribution in [2.75, 3.05) is 0 Å². The molecule has 2 aromatic rings. The smallest absolute Gasteiger partial charge is 0.0208 e. The number of hydrogen-bond acceptors (Lipinski definition) is 0. The molecule has 0 aliphatic carbocycles. The SMILES string of the molecule is CCCCCCC(C)[CH]C(C)(c1ccccc1)c1ccccc1. The van der Waals surface area contributed by atoms with Crippen LogP contribution >= 0.6 is 0 Å². The zero-order chi connectivity index (χ0) is 16.5. The quantitative estimate of drug-likeness (QED) is 0.447. The normalized spacial score (nSPS) is 13.0. The highest BCUT2D eigenvalue weighted by molar-refractivity contribution is 5.41. The van der Waals surface area contributed by atoms with Crippen LogP contribution in [0.2, 0.25) is 0 Å². The number of unbranched alkanes of at least 4 members (excludes halogenated alkanes) is 3. The van der Waals surface area contributed by atoms with E-state index >= 15 is 0 Å². The van der Waals surface area contributed by atoms with Crippen LogP contribution < -0.4 is 0 Å². The number of benzene rings is 2. The fraction of sp³-hybridized carbons (Fsp3) is 0.435. The second-order valence-corrected chi connectivity index (χ2v) is 6.93. The summed E-state index contributed by atoms with van der Waals surface area (Å²) in [6.07, 6.45) is 9.22. The van der Waals surface area contributed by atoms with Gasteiger partial charge in [-0.2, -0.15) is 0 Å². The van der Waals surface area contributed by atoms with Gasteiger partial charge in [0, 0.05) is 5.41 Å². The molecule has 1 radical (unpaired) electrons. The standard InChI is InChI=1S/C23H31/c1-4-5-6-9-14-20(2)19-23(3,21-15-10-7-11-16-21)22-17-12-8-13-18-22/h7-8,10-13,15-20H,4-6,9,14H2,1-3H3. The van der Waals surface area contributed by atoms with Gasteiger partial charge in [-0.15, -0.1) is 0 Å². The minimum absolute atomic E-state index is 0.0211. The van der Waals surface area contributed by atoms with Gasteiger partial charge >= 0.3 is 0 Å². The lowest BCUT2D eigenvalue weighted by molar-refractivity contribution is 0.477. The van der Waals surface area contributed by atoms with Crippen LogP contribution in [0.25, 0.3) is 0 Å². The van der Waals surface area contributed by atoms with Crippen molar-refractivity contribution in [3.63, 3.8) is 0 Å². The summed E-state index contributed by atoms with van der Waals surface area (Å²) in [5.74, 6) is 0.622. The molecule has 0 aromatic heterocycles. The molecule has 0 saturated heterocycles. The second kappa shape index (κ2) is 8.91. The van der Waals surface area contributed by atoms with Crippen LogP contribution in [0.1, 0.15) is 64.0 Å². The van der Waals surface area contributed by atoms with Crippen molar-refractivity contribution in [2.45, 2.75) is 58.3 Å². The Morgan fingerprint density at radius 1 is 0.826 bits per heavy atom. The predicted molar refractivity (Wildman–Crippen MR) is 102 cm³/mol. The van der Waals surface area contributed by atoms with Crippen LogP contribution in [-0.2, 0) is 5.41 Å². The number of rotatable bonds is 9. The molecular formula is C23H31. The maximum Gasteiger partial charge on any atom is 0.0208 e. The highest BCUT2D eigenvalue weighted by Crippen LogP contribution is 2.38. The molecule has 0 aliphatic rings. The maximum absolute atomic E-state index is 2.56. The summed E-state index contributed by atoms with van der Waals surface area (Å²) in [6, 6.07) is 21.8. The van der Waals surface area contributed by atoms with Crippen molar-refractivity contribution in [2.24, 2.45) is 5.92 Å². The van der Waals surface area contributed by atoms with E-state index in [0.29, 0.717) is 5.92 Å². The van der Waals surface area contributed by atoms with E-state index in [1.54, 1.807) is 0 Å². The lowest BCUT2D eigenvalue weighted by atomic mass is 9.70. The van der Waals surface area contributed by atoms with E-state index in [0.717, 1.165) is 0 Å². The van der Waals surface area contributed by atoms with Crippen molar-refractivity contribution in [3.8, 4) is 0 Å². The Labute approximate surface area is 143 Å². The summed E-state index contributed by atoms with van der Waals surface area (Å²) < 4.78 is 0. The first kappa shape index (κ1) is 17.8. The minimum Gasteiger partial charge on any atom is -0.0654 e. The predicted octanol–water partition coefficient (Wildman–Crippen LogP) is 6.80. The molecule has 1 atom stereocenters. The third-order valence-corrected chi connectivity index (χ3v) is 4.88. The first-order valence-corrected chi connectivity index (χ1v) is 9.14. The lowest BCUT2D eigenvalue weighted by Crippen LogP contribution is -2.27. The molecular weight excluding hydrogens is 276 g/mol. The molecule has 0 N–H and O–H groups in total. The summed E-state index contributed by atoms with van der Waals surface area (Å²) in [6.45, 7) is 7.01. The zero-order valence-electron chi connectivity index (χ0n) is 15.0. The van der Waals surface area contributed by atoms with E-state index in [4.69, 9.17) is 0 Å². The summed E-state index contributed by atoms with van der Waals surface area (Å²) in [5, 5.41) is 0. The molecule has 123 valence electrons. The van der Waals surface area contributed by atoms with E-state index in [-0.39, 0.29) is 5.41 Å². The summed E-state index contributed by atoms with van der Waals surface area (Å²) in [4.78, 5) is 0. The second-order valence-electron chi connectivity index (χ2n) is 6.93. The molecule has 2 rings (SSSR count).